The summed E-state index contributed by atoms with van der Waals surface area (Å²) in [6.07, 6.45) is -11.0. The van der Waals surface area contributed by atoms with Crippen LogP contribution in [0.1, 0.15) is 0 Å². The van der Waals surface area contributed by atoms with Crippen molar-refractivity contribution in [2.45, 2.75) is 49.2 Å². The molecule has 0 aliphatic carbocycles. The molecule has 2 fully saturated rings. The highest BCUT2D eigenvalue weighted by molar-refractivity contribution is 4.87. The van der Waals surface area contributed by atoms with E-state index < -0.39 is 49.2 Å². The van der Waals surface area contributed by atoms with E-state index in [1.807, 2.05) is 0 Å². The number of hydrogen-bond donors (Lipinski definition) is 6. The van der Waals surface area contributed by atoms with Gasteiger partial charge >= 0.3 is 0 Å². The molecule has 0 unspecified atom stereocenters. The van der Waals surface area contributed by atoms with E-state index in [4.69, 9.17) is 19.5 Å². The lowest BCUT2D eigenvalue weighted by Gasteiger charge is -2.40. The van der Waals surface area contributed by atoms with Crippen LogP contribution in [0, 0.1) is 0 Å². The molecule has 0 spiro atoms. The fraction of sp³-hybridized carbons (Fsp3) is 1.00. The first kappa shape index (κ1) is 16.0. The zero-order chi connectivity index (χ0) is 14.9. The smallest absolute Gasteiger partial charge is 0.187 e. The average molecular weight is 298 g/mol. The number of aliphatic hydroxyl groups excluding tert-OH is 5. The Hall–Kier alpha value is -0.400. The predicted molar refractivity (Wildman–Crippen MR) is 58.1 cm³/mol. The first-order valence-corrected chi connectivity index (χ1v) is 6.05. The molecule has 0 amide bonds. The van der Waals surface area contributed by atoms with Crippen molar-refractivity contribution in [1.29, 1.82) is 0 Å². The third-order valence-electron chi connectivity index (χ3n) is 3.31. The molecule has 2 aliphatic rings. The van der Waals surface area contributed by atoms with Crippen molar-refractivity contribution in [3.05, 3.63) is 0 Å². The Bertz CT molecular complexity index is 314. The predicted octanol–water partition coefficient (Wildman–Crippen LogP) is -3.62. The Balaban J connectivity index is 1.96. The van der Waals surface area contributed by atoms with Crippen molar-refractivity contribution in [2.75, 3.05) is 13.2 Å². The van der Waals surface area contributed by atoms with Gasteiger partial charge in [0.2, 0.25) is 0 Å². The maximum Gasteiger partial charge on any atom is 0.187 e. The minimum Gasteiger partial charge on any atom is -0.388 e. The van der Waals surface area contributed by atoms with Crippen molar-refractivity contribution < 1.29 is 49.9 Å². The van der Waals surface area contributed by atoms with E-state index in [9.17, 15) is 25.5 Å². The first-order chi connectivity index (χ1) is 9.45. The van der Waals surface area contributed by atoms with Crippen LogP contribution in [0.5, 0.6) is 0 Å². The van der Waals surface area contributed by atoms with Crippen molar-refractivity contribution in [3.63, 3.8) is 0 Å². The summed E-state index contributed by atoms with van der Waals surface area (Å²) in [7, 11) is 0. The molecular weight excluding hydrogens is 280 g/mol. The van der Waals surface area contributed by atoms with Crippen LogP contribution in [0.4, 0.5) is 0 Å². The van der Waals surface area contributed by atoms with Gasteiger partial charge in [-0.1, -0.05) is 0 Å². The molecule has 10 heteroatoms. The molecule has 0 bridgehead atoms. The lowest BCUT2D eigenvalue weighted by molar-refractivity contribution is -0.383. The fourth-order valence-electron chi connectivity index (χ4n) is 2.07. The quantitative estimate of drug-likeness (QED) is 0.227. The van der Waals surface area contributed by atoms with E-state index >= 15 is 0 Å². The molecule has 0 aromatic carbocycles. The van der Waals surface area contributed by atoms with Gasteiger partial charge < -0.3 is 39.7 Å². The molecule has 6 N–H and O–H groups in total. The maximum absolute atomic E-state index is 9.83. The second-order valence-electron chi connectivity index (χ2n) is 4.71. The minimum absolute atomic E-state index is 0.243. The topological polar surface area (TPSA) is 158 Å². The number of aliphatic hydroxyl groups is 5. The van der Waals surface area contributed by atoms with Crippen LogP contribution in [-0.4, -0.2) is 93.2 Å². The highest BCUT2D eigenvalue weighted by atomic mass is 17.1. The summed E-state index contributed by atoms with van der Waals surface area (Å²) in [5.41, 5.74) is 0. The SMILES string of the molecule is OO[C@@H]1[C@@H](O)[C@H](O[C@@H]2OC[C@@H](O)[C@H](O)[C@H]2O)CO[C@H]1O. The van der Waals surface area contributed by atoms with Crippen LogP contribution in [0.25, 0.3) is 0 Å². The van der Waals surface area contributed by atoms with E-state index in [1.54, 1.807) is 0 Å². The molecule has 0 aromatic rings. The monoisotopic (exact) mass is 298 g/mol. The highest BCUT2D eigenvalue weighted by Gasteiger charge is 2.45. The fourth-order valence-corrected chi connectivity index (χ4v) is 2.07. The standard InChI is InChI=1S/C10H18O10/c11-3-1-18-10(7(14)5(3)12)19-4-2-17-9(15)8(20-16)6(4)13/h3-16H,1-2H2/t3-,4-,5+,6+,7-,8-,9-,10+/m1/s1. The van der Waals surface area contributed by atoms with Crippen LogP contribution in [0.2, 0.25) is 0 Å². The van der Waals surface area contributed by atoms with Gasteiger partial charge in [-0.25, -0.2) is 4.89 Å². The Morgan fingerprint density at radius 2 is 1.55 bits per heavy atom. The lowest BCUT2D eigenvalue weighted by Crippen LogP contribution is -2.59. The lowest BCUT2D eigenvalue weighted by atomic mass is 10.0. The Morgan fingerprint density at radius 3 is 2.20 bits per heavy atom. The minimum atomic E-state index is -1.53. The molecule has 0 aromatic heterocycles. The third kappa shape index (κ3) is 3.09. The summed E-state index contributed by atoms with van der Waals surface area (Å²) in [5, 5.41) is 56.2. The molecule has 0 saturated carbocycles. The summed E-state index contributed by atoms with van der Waals surface area (Å²) >= 11 is 0. The normalized spacial score (nSPS) is 50.1. The third-order valence-corrected chi connectivity index (χ3v) is 3.31. The Kier molecular flexibility index (Phi) is 5.25. The molecular formula is C10H18O10. The van der Waals surface area contributed by atoms with Gasteiger partial charge in [0.05, 0.1) is 13.2 Å². The Labute approximate surface area is 113 Å². The van der Waals surface area contributed by atoms with E-state index in [2.05, 4.69) is 4.89 Å². The average Bonchev–Trinajstić information content (AvgIpc) is 2.43. The second-order valence-corrected chi connectivity index (χ2v) is 4.71. The number of ether oxygens (including phenoxy) is 3. The van der Waals surface area contributed by atoms with Crippen molar-refractivity contribution in [2.24, 2.45) is 0 Å². The van der Waals surface area contributed by atoms with Crippen LogP contribution in [-0.2, 0) is 19.1 Å². The zero-order valence-electron chi connectivity index (χ0n) is 10.3. The van der Waals surface area contributed by atoms with Crippen LogP contribution < -0.4 is 0 Å². The van der Waals surface area contributed by atoms with Gasteiger partial charge in [-0.2, -0.15) is 0 Å². The van der Waals surface area contributed by atoms with Crippen molar-refractivity contribution >= 4 is 0 Å². The summed E-state index contributed by atoms with van der Waals surface area (Å²) in [6.45, 7) is -0.497. The van der Waals surface area contributed by atoms with Gasteiger partial charge in [-0.3, -0.25) is 5.26 Å². The highest BCUT2D eigenvalue weighted by Crippen LogP contribution is 2.23. The van der Waals surface area contributed by atoms with E-state index in [1.165, 1.54) is 0 Å². The summed E-state index contributed by atoms with van der Waals surface area (Å²) in [4.78, 5) is 3.90. The van der Waals surface area contributed by atoms with Gasteiger partial charge in [0.1, 0.15) is 30.5 Å². The van der Waals surface area contributed by atoms with Gasteiger partial charge in [0.15, 0.2) is 18.7 Å². The zero-order valence-corrected chi connectivity index (χ0v) is 10.3. The van der Waals surface area contributed by atoms with Crippen LogP contribution >= 0.6 is 0 Å². The summed E-state index contributed by atoms with van der Waals surface area (Å²) in [6, 6.07) is 0. The van der Waals surface area contributed by atoms with Gasteiger partial charge in [-0.05, 0) is 0 Å². The van der Waals surface area contributed by atoms with Gasteiger partial charge in [-0.15, -0.1) is 0 Å². The largest absolute Gasteiger partial charge is 0.388 e. The number of hydrogen-bond acceptors (Lipinski definition) is 10. The van der Waals surface area contributed by atoms with E-state index in [0.717, 1.165) is 0 Å². The molecule has 0 radical (unpaired) electrons. The van der Waals surface area contributed by atoms with Gasteiger partial charge in [0, 0.05) is 0 Å². The first-order valence-electron chi connectivity index (χ1n) is 6.05. The molecule has 2 heterocycles. The molecule has 118 valence electrons. The van der Waals surface area contributed by atoms with Crippen LogP contribution in [0.15, 0.2) is 0 Å². The Morgan fingerprint density at radius 1 is 0.850 bits per heavy atom. The number of rotatable bonds is 3. The van der Waals surface area contributed by atoms with E-state index in [-0.39, 0.29) is 13.2 Å². The molecule has 10 nitrogen and oxygen atoms in total. The summed E-state index contributed by atoms with van der Waals surface area (Å²) < 4.78 is 15.1. The summed E-state index contributed by atoms with van der Waals surface area (Å²) in [5.74, 6) is 0. The molecule has 2 aliphatic heterocycles. The van der Waals surface area contributed by atoms with E-state index in [0.29, 0.717) is 0 Å². The molecule has 20 heavy (non-hydrogen) atoms. The van der Waals surface area contributed by atoms with Crippen LogP contribution in [0.3, 0.4) is 0 Å². The molecule has 2 saturated heterocycles. The molecule has 2 rings (SSSR count). The van der Waals surface area contributed by atoms with Crippen molar-refractivity contribution in [3.8, 4) is 0 Å². The van der Waals surface area contributed by atoms with Gasteiger partial charge in [0.25, 0.3) is 0 Å². The second kappa shape index (κ2) is 6.58. The molecule has 8 atom stereocenters. The van der Waals surface area contributed by atoms with Crippen molar-refractivity contribution in [1.82, 2.24) is 0 Å². The maximum atomic E-state index is 9.83.